The number of aromatic nitrogens is 3. The zero-order valence-corrected chi connectivity index (χ0v) is 7.27. The van der Waals surface area contributed by atoms with E-state index in [0.717, 1.165) is 5.76 Å². The predicted molar refractivity (Wildman–Crippen MR) is 46.6 cm³/mol. The number of hydrogen-bond acceptors (Lipinski definition) is 4. The predicted octanol–water partition coefficient (Wildman–Crippen LogP) is 0.534. The van der Waals surface area contributed by atoms with Crippen molar-refractivity contribution in [3.05, 3.63) is 24.2 Å². The van der Waals surface area contributed by atoms with Gasteiger partial charge >= 0.3 is 0 Å². The Labute approximate surface area is 75.2 Å². The van der Waals surface area contributed by atoms with Gasteiger partial charge in [-0.1, -0.05) is 0 Å². The molecule has 0 aliphatic heterocycles. The first-order chi connectivity index (χ1) is 6.31. The van der Waals surface area contributed by atoms with Gasteiger partial charge in [0.15, 0.2) is 11.6 Å². The van der Waals surface area contributed by atoms with Gasteiger partial charge in [0.2, 0.25) is 0 Å². The van der Waals surface area contributed by atoms with Crippen LogP contribution in [0.1, 0.15) is 5.76 Å². The van der Waals surface area contributed by atoms with Crippen LogP contribution in [-0.4, -0.2) is 14.8 Å². The Bertz CT molecular complexity index is 404. The molecule has 2 rings (SSSR count). The molecule has 13 heavy (non-hydrogen) atoms. The first-order valence-electron chi connectivity index (χ1n) is 3.94. The number of nitrogens with two attached hydrogens (primary N) is 1. The van der Waals surface area contributed by atoms with Crippen LogP contribution in [0.5, 0.6) is 0 Å². The molecule has 2 heterocycles. The van der Waals surface area contributed by atoms with Crippen LogP contribution in [0.15, 0.2) is 22.9 Å². The van der Waals surface area contributed by atoms with Gasteiger partial charge in [-0.25, -0.2) is 0 Å². The van der Waals surface area contributed by atoms with Gasteiger partial charge in [0.1, 0.15) is 12.1 Å². The molecular formula is C8H10N4O. The lowest BCUT2D eigenvalue weighted by Gasteiger charge is -1.94. The molecule has 68 valence electrons. The fourth-order valence-corrected chi connectivity index (χ4v) is 1.11. The van der Waals surface area contributed by atoms with Crippen LogP contribution >= 0.6 is 0 Å². The zero-order valence-electron chi connectivity index (χ0n) is 7.27. The maximum atomic E-state index is 5.42. The molecule has 0 unspecified atom stereocenters. The average molecular weight is 178 g/mol. The molecule has 5 nitrogen and oxygen atoms in total. The smallest absolute Gasteiger partial charge is 0.199 e. The topological polar surface area (TPSA) is 69.9 Å². The Balaban J connectivity index is 2.41. The minimum Gasteiger partial charge on any atom is -0.456 e. The molecule has 0 bridgehead atoms. The van der Waals surface area contributed by atoms with Crippen molar-refractivity contribution >= 4 is 0 Å². The summed E-state index contributed by atoms with van der Waals surface area (Å²) in [6.45, 7) is 0.401. The quantitative estimate of drug-likeness (QED) is 0.728. The van der Waals surface area contributed by atoms with Gasteiger partial charge < -0.3 is 14.7 Å². The van der Waals surface area contributed by atoms with Gasteiger partial charge in [0.25, 0.3) is 0 Å². The number of nitrogens with zero attached hydrogens (tertiary/aromatic N) is 3. The highest BCUT2D eigenvalue weighted by atomic mass is 16.3. The fraction of sp³-hybridized carbons (Fsp3) is 0.250. The standard InChI is InChI=1S/C8H10N4O/c1-12-5-10-11-8(12)7-3-2-6(4-9)13-7/h2-3,5H,4,9H2,1H3. The molecule has 0 fully saturated rings. The molecule has 2 aromatic heterocycles. The van der Waals surface area contributed by atoms with Crippen molar-refractivity contribution in [3.63, 3.8) is 0 Å². The second-order valence-electron chi connectivity index (χ2n) is 2.74. The summed E-state index contributed by atoms with van der Waals surface area (Å²) in [7, 11) is 1.86. The van der Waals surface area contributed by atoms with Crippen molar-refractivity contribution in [2.24, 2.45) is 12.8 Å². The SMILES string of the molecule is Cn1cnnc1-c1ccc(CN)o1. The number of furan rings is 1. The third kappa shape index (κ3) is 1.33. The van der Waals surface area contributed by atoms with Crippen molar-refractivity contribution in [3.8, 4) is 11.6 Å². The average Bonchev–Trinajstić information content (AvgIpc) is 2.71. The lowest BCUT2D eigenvalue weighted by atomic mass is 10.4. The minimum absolute atomic E-state index is 0.401. The van der Waals surface area contributed by atoms with Crippen molar-refractivity contribution in [1.82, 2.24) is 14.8 Å². The van der Waals surface area contributed by atoms with E-state index in [1.54, 1.807) is 10.9 Å². The Morgan fingerprint density at radius 1 is 1.54 bits per heavy atom. The Kier molecular flexibility index (Phi) is 1.86. The Hall–Kier alpha value is -1.62. The lowest BCUT2D eigenvalue weighted by molar-refractivity contribution is 0.519. The van der Waals surface area contributed by atoms with Crippen LogP contribution in [0.25, 0.3) is 11.6 Å². The highest BCUT2D eigenvalue weighted by Gasteiger charge is 2.08. The monoisotopic (exact) mass is 178 g/mol. The Morgan fingerprint density at radius 2 is 2.38 bits per heavy atom. The van der Waals surface area contributed by atoms with Crippen molar-refractivity contribution in [2.75, 3.05) is 0 Å². The van der Waals surface area contributed by atoms with Gasteiger partial charge in [-0.05, 0) is 12.1 Å². The summed E-state index contributed by atoms with van der Waals surface area (Å²) < 4.78 is 7.20. The second kappa shape index (κ2) is 3.02. The van der Waals surface area contributed by atoms with E-state index in [0.29, 0.717) is 18.1 Å². The highest BCUT2D eigenvalue weighted by molar-refractivity contribution is 5.46. The van der Waals surface area contributed by atoms with Crippen LogP contribution in [0, 0.1) is 0 Å². The van der Waals surface area contributed by atoms with Crippen LogP contribution in [0.4, 0.5) is 0 Å². The minimum atomic E-state index is 0.401. The fourth-order valence-electron chi connectivity index (χ4n) is 1.11. The molecule has 2 aromatic rings. The molecule has 2 N–H and O–H groups in total. The molecular weight excluding hydrogens is 168 g/mol. The number of hydrogen-bond donors (Lipinski definition) is 1. The van der Waals surface area contributed by atoms with Gasteiger partial charge in [0.05, 0.1) is 6.54 Å². The molecule has 0 aliphatic carbocycles. The summed E-state index contributed by atoms with van der Waals surface area (Å²) in [5.41, 5.74) is 5.42. The van der Waals surface area contributed by atoms with E-state index in [9.17, 15) is 0 Å². The van der Waals surface area contributed by atoms with E-state index in [4.69, 9.17) is 10.2 Å². The van der Waals surface area contributed by atoms with Crippen molar-refractivity contribution in [1.29, 1.82) is 0 Å². The van der Waals surface area contributed by atoms with E-state index in [1.165, 1.54) is 0 Å². The third-order valence-corrected chi connectivity index (χ3v) is 1.79. The molecule has 0 aromatic carbocycles. The van der Waals surface area contributed by atoms with E-state index in [2.05, 4.69) is 10.2 Å². The molecule has 0 radical (unpaired) electrons. The first kappa shape index (κ1) is 8.00. The third-order valence-electron chi connectivity index (χ3n) is 1.79. The van der Waals surface area contributed by atoms with Crippen LogP contribution in [-0.2, 0) is 13.6 Å². The summed E-state index contributed by atoms with van der Waals surface area (Å²) in [5.74, 6) is 2.15. The van der Waals surface area contributed by atoms with E-state index >= 15 is 0 Å². The van der Waals surface area contributed by atoms with E-state index < -0.39 is 0 Å². The molecule has 0 saturated carbocycles. The summed E-state index contributed by atoms with van der Waals surface area (Å²) in [6, 6.07) is 3.68. The van der Waals surface area contributed by atoms with Crippen molar-refractivity contribution < 1.29 is 4.42 Å². The van der Waals surface area contributed by atoms with Gasteiger partial charge in [-0.2, -0.15) is 0 Å². The molecule has 0 amide bonds. The molecule has 0 atom stereocenters. The van der Waals surface area contributed by atoms with Gasteiger partial charge in [0, 0.05) is 7.05 Å². The van der Waals surface area contributed by atoms with Crippen LogP contribution in [0.2, 0.25) is 0 Å². The van der Waals surface area contributed by atoms with Crippen LogP contribution in [0.3, 0.4) is 0 Å². The maximum absolute atomic E-state index is 5.42. The largest absolute Gasteiger partial charge is 0.456 e. The Morgan fingerprint density at radius 3 is 2.92 bits per heavy atom. The van der Waals surface area contributed by atoms with Gasteiger partial charge in [-0.3, -0.25) is 0 Å². The zero-order chi connectivity index (χ0) is 9.26. The molecule has 0 saturated heterocycles. The first-order valence-corrected chi connectivity index (χ1v) is 3.94. The molecule has 0 spiro atoms. The molecule has 5 heteroatoms. The normalized spacial score (nSPS) is 10.6. The number of rotatable bonds is 2. The highest BCUT2D eigenvalue weighted by Crippen LogP contribution is 2.18. The summed E-state index contributed by atoms with van der Waals surface area (Å²) in [4.78, 5) is 0. The summed E-state index contributed by atoms with van der Waals surface area (Å²) in [5, 5.41) is 7.67. The van der Waals surface area contributed by atoms with Gasteiger partial charge in [-0.15, -0.1) is 10.2 Å². The molecule has 0 aliphatic rings. The number of aryl methyl sites for hydroxylation is 1. The van der Waals surface area contributed by atoms with Crippen molar-refractivity contribution in [2.45, 2.75) is 6.54 Å². The summed E-state index contributed by atoms with van der Waals surface area (Å²) in [6.07, 6.45) is 1.62. The van der Waals surface area contributed by atoms with E-state index in [1.807, 2.05) is 19.2 Å². The lowest BCUT2D eigenvalue weighted by Crippen LogP contribution is -1.93. The van der Waals surface area contributed by atoms with E-state index in [-0.39, 0.29) is 0 Å². The maximum Gasteiger partial charge on any atom is 0.199 e. The summed E-state index contributed by atoms with van der Waals surface area (Å²) >= 11 is 0. The van der Waals surface area contributed by atoms with Crippen LogP contribution < -0.4 is 5.73 Å². The second-order valence-corrected chi connectivity index (χ2v) is 2.74.